The van der Waals surface area contributed by atoms with Crippen molar-refractivity contribution in [3.8, 4) is 5.75 Å². The van der Waals surface area contributed by atoms with Crippen LogP contribution in [0.25, 0.3) is 0 Å². The standard InChI is InChI=1S/C13H15N3O2S/c1-18-11-5-3-2-4-9(11)7-15-13(17)10-8-19-12(6-14)16-10/h2-5,8H,6-7,14H2,1H3,(H,15,17). The van der Waals surface area contributed by atoms with Crippen LogP contribution in [-0.2, 0) is 13.1 Å². The van der Waals surface area contributed by atoms with E-state index in [9.17, 15) is 4.79 Å². The number of nitrogens with two attached hydrogens (primary N) is 1. The molecule has 3 N–H and O–H groups in total. The molecule has 0 atom stereocenters. The fraction of sp³-hybridized carbons (Fsp3) is 0.231. The van der Waals surface area contributed by atoms with Crippen molar-refractivity contribution in [1.82, 2.24) is 10.3 Å². The third-order valence-electron chi connectivity index (χ3n) is 2.59. The fourth-order valence-electron chi connectivity index (χ4n) is 1.62. The normalized spacial score (nSPS) is 10.2. The number of carbonyl (C=O) groups excluding carboxylic acids is 1. The summed E-state index contributed by atoms with van der Waals surface area (Å²) >= 11 is 1.39. The Morgan fingerprint density at radius 2 is 2.26 bits per heavy atom. The molecule has 1 amide bonds. The van der Waals surface area contributed by atoms with Crippen LogP contribution in [0.4, 0.5) is 0 Å². The maximum Gasteiger partial charge on any atom is 0.271 e. The van der Waals surface area contributed by atoms with E-state index in [0.717, 1.165) is 16.3 Å². The number of methoxy groups -OCH3 is 1. The quantitative estimate of drug-likeness (QED) is 0.869. The van der Waals surface area contributed by atoms with Crippen LogP contribution in [0.5, 0.6) is 5.75 Å². The van der Waals surface area contributed by atoms with E-state index in [0.29, 0.717) is 18.8 Å². The third-order valence-corrected chi connectivity index (χ3v) is 3.46. The highest BCUT2D eigenvalue weighted by atomic mass is 32.1. The summed E-state index contributed by atoms with van der Waals surface area (Å²) in [6, 6.07) is 7.56. The lowest BCUT2D eigenvalue weighted by atomic mass is 10.2. The topological polar surface area (TPSA) is 77.2 Å². The maximum atomic E-state index is 11.9. The van der Waals surface area contributed by atoms with Crippen molar-refractivity contribution in [2.24, 2.45) is 5.73 Å². The number of thiazole rings is 1. The fourth-order valence-corrected chi connectivity index (χ4v) is 2.28. The average molecular weight is 277 g/mol. The Labute approximate surface area is 115 Å². The van der Waals surface area contributed by atoms with Crippen LogP contribution in [0.3, 0.4) is 0 Å². The molecule has 0 radical (unpaired) electrons. The average Bonchev–Trinajstić information content (AvgIpc) is 2.94. The summed E-state index contributed by atoms with van der Waals surface area (Å²) in [4.78, 5) is 16.0. The first-order valence-electron chi connectivity index (χ1n) is 5.79. The molecule has 6 heteroatoms. The van der Waals surface area contributed by atoms with Crippen molar-refractivity contribution in [3.63, 3.8) is 0 Å². The second-order valence-electron chi connectivity index (χ2n) is 3.83. The largest absolute Gasteiger partial charge is 0.496 e. The molecule has 1 aromatic heterocycles. The van der Waals surface area contributed by atoms with Gasteiger partial charge in [-0.3, -0.25) is 4.79 Å². The summed E-state index contributed by atoms with van der Waals surface area (Å²) in [7, 11) is 1.61. The molecule has 2 aromatic rings. The number of benzene rings is 1. The van der Waals surface area contributed by atoms with Gasteiger partial charge in [0.15, 0.2) is 0 Å². The van der Waals surface area contributed by atoms with Gasteiger partial charge in [-0.15, -0.1) is 11.3 Å². The van der Waals surface area contributed by atoms with E-state index in [-0.39, 0.29) is 5.91 Å². The number of nitrogens with zero attached hydrogens (tertiary/aromatic N) is 1. The number of rotatable bonds is 5. The van der Waals surface area contributed by atoms with Gasteiger partial charge in [-0.05, 0) is 6.07 Å². The Hall–Kier alpha value is -1.92. The van der Waals surface area contributed by atoms with Crippen LogP contribution < -0.4 is 15.8 Å². The van der Waals surface area contributed by atoms with Crippen molar-refractivity contribution in [2.75, 3.05) is 7.11 Å². The van der Waals surface area contributed by atoms with Gasteiger partial charge >= 0.3 is 0 Å². The van der Waals surface area contributed by atoms with Crippen molar-refractivity contribution in [1.29, 1.82) is 0 Å². The first kappa shape index (κ1) is 13.5. The zero-order valence-electron chi connectivity index (χ0n) is 10.6. The Kier molecular flexibility index (Phi) is 4.48. The number of hydrogen-bond donors (Lipinski definition) is 2. The molecular formula is C13H15N3O2S. The molecular weight excluding hydrogens is 262 g/mol. The molecule has 0 spiro atoms. The Bertz CT molecular complexity index is 569. The highest BCUT2D eigenvalue weighted by molar-refractivity contribution is 7.09. The smallest absolute Gasteiger partial charge is 0.271 e. The first-order valence-corrected chi connectivity index (χ1v) is 6.67. The van der Waals surface area contributed by atoms with E-state index < -0.39 is 0 Å². The predicted octanol–water partition coefficient (Wildman–Crippen LogP) is 1.54. The molecule has 1 aromatic carbocycles. The molecule has 0 saturated carbocycles. The van der Waals surface area contributed by atoms with Gasteiger partial charge in [0.05, 0.1) is 7.11 Å². The molecule has 0 aliphatic carbocycles. The highest BCUT2D eigenvalue weighted by Gasteiger charge is 2.10. The number of amides is 1. The second kappa shape index (κ2) is 6.31. The maximum absolute atomic E-state index is 11.9. The Morgan fingerprint density at radius 1 is 1.47 bits per heavy atom. The summed E-state index contributed by atoms with van der Waals surface area (Å²) < 4.78 is 5.22. The number of carbonyl (C=O) groups is 1. The van der Waals surface area contributed by atoms with Crippen LogP contribution in [-0.4, -0.2) is 18.0 Å². The second-order valence-corrected chi connectivity index (χ2v) is 4.77. The minimum Gasteiger partial charge on any atom is -0.496 e. The first-order chi connectivity index (χ1) is 9.24. The molecule has 0 unspecified atom stereocenters. The highest BCUT2D eigenvalue weighted by Crippen LogP contribution is 2.17. The van der Waals surface area contributed by atoms with Crippen LogP contribution in [0.15, 0.2) is 29.6 Å². The lowest BCUT2D eigenvalue weighted by molar-refractivity contribution is 0.0946. The van der Waals surface area contributed by atoms with Gasteiger partial charge in [-0.1, -0.05) is 18.2 Å². The minimum atomic E-state index is -0.207. The van der Waals surface area contributed by atoms with Crippen molar-refractivity contribution >= 4 is 17.2 Å². The summed E-state index contributed by atoms with van der Waals surface area (Å²) in [5, 5.41) is 5.27. The van der Waals surface area contributed by atoms with Gasteiger partial charge in [-0.2, -0.15) is 0 Å². The van der Waals surface area contributed by atoms with Crippen molar-refractivity contribution < 1.29 is 9.53 Å². The zero-order chi connectivity index (χ0) is 13.7. The van der Waals surface area contributed by atoms with Crippen LogP contribution >= 0.6 is 11.3 Å². The lowest BCUT2D eigenvalue weighted by Crippen LogP contribution is -2.23. The minimum absolute atomic E-state index is 0.207. The SMILES string of the molecule is COc1ccccc1CNC(=O)c1csc(CN)n1. The Morgan fingerprint density at radius 3 is 2.95 bits per heavy atom. The molecule has 0 saturated heterocycles. The molecule has 5 nitrogen and oxygen atoms in total. The summed E-state index contributed by atoms with van der Waals surface area (Å²) in [5.74, 6) is 0.547. The summed E-state index contributed by atoms with van der Waals surface area (Å²) in [6.07, 6.45) is 0. The van der Waals surface area contributed by atoms with E-state index in [4.69, 9.17) is 10.5 Å². The molecule has 0 fully saturated rings. The number of ether oxygens (including phenoxy) is 1. The molecule has 0 aliphatic heterocycles. The van der Waals surface area contributed by atoms with E-state index >= 15 is 0 Å². The van der Waals surface area contributed by atoms with Gasteiger partial charge in [0.25, 0.3) is 5.91 Å². The van der Waals surface area contributed by atoms with Gasteiger partial charge in [0, 0.05) is 24.0 Å². The molecule has 0 bridgehead atoms. The number of para-hydroxylation sites is 1. The molecule has 19 heavy (non-hydrogen) atoms. The van der Waals surface area contributed by atoms with Crippen LogP contribution in [0.1, 0.15) is 21.1 Å². The lowest BCUT2D eigenvalue weighted by Gasteiger charge is -2.08. The molecule has 0 aliphatic rings. The van der Waals surface area contributed by atoms with Crippen LogP contribution in [0.2, 0.25) is 0 Å². The van der Waals surface area contributed by atoms with E-state index in [1.54, 1.807) is 12.5 Å². The van der Waals surface area contributed by atoms with Gasteiger partial charge in [0.1, 0.15) is 16.5 Å². The van der Waals surface area contributed by atoms with Crippen molar-refractivity contribution in [3.05, 3.63) is 45.9 Å². The van der Waals surface area contributed by atoms with Crippen LogP contribution in [0, 0.1) is 0 Å². The van der Waals surface area contributed by atoms with Gasteiger partial charge < -0.3 is 15.8 Å². The third kappa shape index (κ3) is 3.30. The van der Waals surface area contributed by atoms with Gasteiger partial charge in [-0.25, -0.2) is 4.98 Å². The van der Waals surface area contributed by atoms with E-state index in [1.807, 2.05) is 24.3 Å². The number of aromatic nitrogens is 1. The van der Waals surface area contributed by atoms with E-state index in [1.165, 1.54) is 11.3 Å². The molecule has 1 heterocycles. The number of nitrogens with one attached hydrogen (secondary N) is 1. The van der Waals surface area contributed by atoms with E-state index in [2.05, 4.69) is 10.3 Å². The summed E-state index contributed by atoms with van der Waals surface area (Å²) in [5.41, 5.74) is 6.79. The monoisotopic (exact) mass is 277 g/mol. The summed E-state index contributed by atoms with van der Waals surface area (Å²) in [6.45, 7) is 0.753. The molecule has 2 rings (SSSR count). The molecule has 100 valence electrons. The number of hydrogen-bond acceptors (Lipinski definition) is 5. The Balaban J connectivity index is 2.00. The zero-order valence-corrected chi connectivity index (χ0v) is 11.4. The van der Waals surface area contributed by atoms with Gasteiger partial charge in [0.2, 0.25) is 0 Å². The predicted molar refractivity (Wildman–Crippen MR) is 74.2 cm³/mol. The van der Waals surface area contributed by atoms with Crippen molar-refractivity contribution in [2.45, 2.75) is 13.1 Å².